The van der Waals surface area contributed by atoms with E-state index < -0.39 is 16.1 Å². The fraction of sp³-hybridized carbons (Fsp3) is 0.688. The number of benzene rings is 1. The second kappa shape index (κ2) is 17.2. The molecule has 0 bridgehead atoms. The Hall–Kier alpha value is -1.47. The molecule has 0 unspecified atom stereocenters. The van der Waals surface area contributed by atoms with E-state index in [0.717, 1.165) is 36.6 Å². The van der Waals surface area contributed by atoms with Crippen molar-refractivity contribution in [3.8, 4) is 17.1 Å². The lowest BCUT2D eigenvalue weighted by Gasteiger charge is -2.29. The van der Waals surface area contributed by atoms with Crippen LogP contribution in [0.2, 0.25) is 44.4 Å². The molecule has 0 saturated carbocycles. The molecule has 208 valence electrons. The number of hydrogen-bond acceptors (Lipinski definition) is 3. The summed E-state index contributed by atoms with van der Waals surface area (Å²) >= 11 is 0. The first-order chi connectivity index (χ1) is 17.7. The minimum Gasteiger partial charge on any atom is -0.494 e. The number of rotatable bonds is 20. The molecular formula is C32H56N2OSi2. The molecule has 0 atom stereocenters. The Kier molecular flexibility index (Phi) is 14.7. The van der Waals surface area contributed by atoms with Gasteiger partial charge in [0.25, 0.3) is 0 Å². The van der Waals surface area contributed by atoms with Crippen LogP contribution in [0.15, 0.2) is 36.7 Å². The van der Waals surface area contributed by atoms with Gasteiger partial charge in [0.05, 0.1) is 6.61 Å². The van der Waals surface area contributed by atoms with Crippen LogP contribution in [0.25, 0.3) is 11.4 Å². The molecule has 0 fully saturated rings. The van der Waals surface area contributed by atoms with Gasteiger partial charge in [-0.2, -0.15) is 0 Å². The maximum Gasteiger partial charge on any atom is 0.159 e. The van der Waals surface area contributed by atoms with Gasteiger partial charge in [0.15, 0.2) is 5.82 Å². The van der Waals surface area contributed by atoms with Crippen molar-refractivity contribution in [2.45, 2.75) is 135 Å². The number of aryl methyl sites for hydroxylation is 1. The van der Waals surface area contributed by atoms with Crippen molar-refractivity contribution in [2.24, 2.45) is 0 Å². The minimum atomic E-state index is -0.991. The van der Waals surface area contributed by atoms with Crippen molar-refractivity contribution >= 4 is 16.1 Å². The Balaban J connectivity index is 1.60. The zero-order valence-electron chi connectivity index (χ0n) is 25.1. The first kappa shape index (κ1) is 31.7. The molecule has 0 saturated heterocycles. The molecular weight excluding hydrogens is 485 g/mol. The van der Waals surface area contributed by atoms with E-state index in [4.69, 9.17) is 4.74 Å². The molecule has 1 heterocycles. The molecule has 1 aromatic heterocycles. The normalized spacial score (nSPS) is 12.2. The van der Waals surface area contributed by atoms with Crippen molar-refractivity contribution < 1.29 is 4.74 Å². The molecule has 3 nitrogen and oxygen atoms in total. The van der Waals surface area contributed by atoms with Gasteiger partial charge in [0.2, 0.25) is 0 Å². The van der Waals surface area contributed by atoms with Crippen molar-refractivity contribution in [3.05, 3.63) is 42.2 Å². The van der Waals surface area contributed by atoms with Gasteiger partial charge >= 0.3 is 0 Å². The Labute approximate surface area is 231 Å². The molecule has 0 aliphatic carbocycles. The summed E-state index contributed by atoms with van der Waals surface area (Å²) in [6.45, 7) is 15.8. The Bertz CT molecular complexity index is 845. The highest BCUT2D eigenvalue weighted by atomic mass is 28.4. The highest BCUT2D eigenvalue weighted by Crippen LogP contribution is 2.26. The number of unbranched alkanes of at least 4 members (excludes halogenated alkanes) is 10. The minimum absolute atomic E-state index is 0.798. The lowest BCUT2D eigenvalue weighted by Crippen LogP contribution is -2.37. The van der Waals surface area contributed by atoms with Crippen molar-refractivity contribution in [1.82, 2.24) is 9.97 Å². The molecule has 5 heteroatoms. The molecule has 0 aliphatic rings. The van der Waals surface area contributed by atoms with Gasteiger partial charge in [-0.15, -0.1) is 0 Å². The van der Waals surface area contributed by atoms with Crippen LogP contribution in [0, 0.1) is 0 Å². The highest BCUT2D eigenvalue weighted by Gasteiger charge is 2.27. The SMILES string of the molecule is CCCCCCCCCCc1cnc(-c2ccc(OCCCCCC[Si](C)(C)C[Si](C)(C)C)cc2)nc1. The van der Waals surface area contributed by atoms with Gasteiger partial charge in [0.1, 0.15) is 5.75 Å². The van der Waals surface area contributed by atoms with E-state index in [0.29, 0.717) is 0 Å². The number of aromatic nitrogens is 2. The fourth-order valence-electron chi connectivity index (χ4n) is 5.57. The predicted molar refractivity (Wildman–Crippen MR) is 168 cm³/mol. The maximum atomic E-state index is 5.99. The number of ether oxygens (including phenoxy) is 1. The Morgan fingerprint density at radius 3 is 1.86 bits per heavy atom. The topological polar surface area (TPSA) is 35.0 Å². The third-order valence-corrected chi connectivity index (χ3v) is 16.9. The average Bonchev–Trinajstić information content (AvgIpc) is 2.84. The van der Waals surface area contributed by atoms with Crippen LogP contribution in [0.1, 0.15) is 89.5 Å². The maximum absolute atomic E-state index is 5.99. The third kappa shape index (κ3) is 14.9. The molecule has 0 amide bonds. The molecule has 2 aromatic rings. The summed E-state index contributed by atoms with van der Waals surface area (Å²) in [5, 5.41) is 0. The molecule has 2 rings (SSSR count). The van der Waals surface area contributed by atoms with Crippen LogP contribution >= 0.6 is 0 Å². The van der Waals surface area contributed by atoms with Gasteiger partial charge < -0.3 is 4.74 Å². The quantitative estimate of drug-likeness (QED) is 0.124. The van der Waals surface area contributed by atoms with Crippen LogP contribution in [-0.4, -0.2) is 32.7 Å². The molecule has 0 aliphatic heterocycles. The van der Waals surface area contributed by atoms with E-state index >= 15 is 0 Å². The van der Waals surface area contributed by atoms with Gasteiger partial charge in [-0.05, 0) is 49.1 Å². The fourth-order valence-corrected chi connectivity index (χ4v) is 19.0. The van der Waals surface area contributed by atoms with Crippen LogP contribution in [0.4, 0.5) is 0 Å². The van der Waals surface area contributed by atoms with Crippen LogP contribution in [0.5, 0.6) is 5.75 Å². The van der Waals surface area contributed by atoms with Crippen LogP contribution in [0.3, 0.4) is 0 Å². The lowest BCUT2D eigenvalue weighted by molar-refractivity contribution is 0.305. The predicted octanol–water partition coefficient (Wildman–Crippen LogP) is 10.4. The monoisotopic (exact) mass is 540 g/mol. The summed E-state index contributed by atoms with van der Waals surface area (Å²) in [6.07, 6.45) is 21.0. The summed E-state index contributed by atoms with van der Waals surface area (Å²) in [6, 6.07) is 9.75. The average molecular weight is 541 g/mol. The molecule has 0 radical (unpaired) electrons. The van der Waals surface area contributed by atoms with Gasteiger partial charge in [-0.1, -0.05) is 116 Å². The summed E-state index contributed by atoms with van der Waals surface area (Å²) in [5.74, 6) is 1.74. The summed E-state index contributed by atoms with van der Waals surface area (Å²) in [7, 11) is -1.91. The zero-order valence-corrected chi connectivity index (χ0v) is 27.1. The first-order valence-electron chi connectivity index (χ1n) is 15.2. The summed E-state index contributed by atoms with van der Waals surface area (Å²) < 4.78 is 5.99. The molecule has 1 aromatic carbocycles. The van der Waals surface area contributed by atoms with E-state index in [1.807, 2.05) is 12.4 Å². The second-order valence-electron chi connectivity index (χ2n) is 13.1. The van der Waals surface area contributed by atoms with Crippen LogP contribution in [-0.2, 0) is 6.42 Å². The van der Waals surface area contributed by atoms with Gasteiger partial charge in [-0.25, -0.2) is 9.97 Å². The largest absolute Gasteiger partial charge is 0.494 e. The zero-order chi connectivity index (χ0) is 27.0. The first-order valence-corrected chi connectivity index (χ1v) is 22.3. The smallest absolute Gasteiger partial charge is 0.159 e. The Morgan fingerprint density at radius 1 is 0.676 bits per heavy atom. The van der Waals surface area contributed by atoms with Gasteiger partial charge in [-0.3, -0.25) is 0 Å². The van der Waals surface area contributed by atoms with Crippen molar-refractivity contribution in [2.75, 3.05) is 6.61 Å². The van der Waals surface area contributed by atoms with E-state index in [2.05, 4.69) is 73.9 Å². The van der Waals surface area contributed by atoms with Crippen molar-refractivity contribution in [3.63, 3.8) is 0 Å². The summed E-state index contributed by atoms with van der Waals surface area (Å²) in [5.41, 5.74) is 3.86. The standard InChI is InChI=1S/C32H56N2OSi2/c1-7-8-9-10-11-12-13-16-19-29-26-33-32(34-27-29)30-20-22-31(23-21-30)35-24-17-14-15-18-25-37(5,6)28-36(2,3)4/h20-23,26-27H,7-19,24-25,28H2,1-6H3. The molecule has 0 spiro atoms. The van der Waals surface area contributed by atoms with Crippen molar-refractivity contribution in [1.29, 1.82) is 0 Å². The van der Waals surface area contributed by atoms with Gasteiger partial charge in [0, 0.05) is 34.1 Å². The van der Waals surface area contributed by atoms with E-state index in [1.165, 1.54) is 82.2 Å². The molecule has 37 heavy (non-hydrogen) atoms. The second-order valence-corrected chi connectivity index (χ2v) is 24.4. The third-order valence-electron chi connectivity index (χ3n) is 7.16. The summed E-state index contributed by atoms with van der Waals surface area (Å²) in [4.78, 5) is 9.24. The number of hydrogen-bond donors (Lipinski definition) is 0. The van der Waals surface area contributed by atoms with E-state index in [9.17, 15) is 0 Å². The van der Waals surface area contributed by atoms with Crippen LogP contribution < -0.4 is 4.74 Å². The lowest BCUT2D eigenvalue weighted by atomic mass is 10.1. The Morgan fingerprint density at radius 2 is 1.24 bits per heavy atom. The van der Waals surface area contributed by atoms with E-state index in [1.54, 1.807) is 5.67 Å². The van der Waals surface area contributed by atoms with E-state index in [-0.39, 0.29) is 0 Å². The number of nitrogens with zero attached hydrogens (tertiary/aromatic N) is 2. The molecule has 0 N–H and O–H groups in total. The highest BCUT2D eigenvalue weighted by molar-refractivity contribution is 6.94.